The van der Waals surface area contributed by atoms with Crippen LogP contribution in [-0.2, 0) is 14.3 Å². The van der Waals surface area contributed by atoms with Gasteiger partial charge in [-0.05, 0) is 20.8 Å². The van der Waals surface area contributed by atoms with Crippen molar-refractivity contribution in [2.24, 2.45) is 0 Å². The highest BCUT2D eigenvalue weighted by Gasteiger charge is 2.34. The minimum absolute atomic E-state index is 0.0787. The molecule has 2 N–H and O–H groups in total. The second-order valence-electron chi connectivity index (χ2n) is 3.78. The SMILES string of the molecule is COCC(C)(NC(=O)C=C(C)C)C(=O)O. The van der Waals surface area contributed by atoms with E-state index in [0.717, 1.165) is 5.57 Å². The predicted octanol–water partition coefficient (Wildman–Crippen LogP) is 0.558. The summed E-state index contributed by atoms with van der Waals surface area (Å²) in [7, 11) is 1.38. The number of methoxy groups -OCH3 is 1. The third-order valence-corrected chi connectivity index (χ3v) is 1.72. The van der Waals surface area contributed by atoms with Crippen LogP contribution in [0.5, 0.6) is 0 Å². The molecule has 0 aromatic carbocycles. The lowest BCUT2D eigenvalue weighted by molar-refractivity contribution is -0.148. The topological polar surface area (TPSA) is 75.6 Å². The number of amides is 1. The highest BCUT2D eigenvalue weighted by atomic mass is 16.5. The molecule has 0 aromatic rings. The van der Waals surface area contributed by atoms with Crippen molar-refractivity contribution in [3.63, 3.8) is 0 Å². The Hall–Kier alpha value is -1.36. The summed E-state index contributed by atoms with van der Waals surface area (Å²) in [6.45, 7) is 4.84. The highest BCUT2D eigenvalue weighted by molar-refractivity contribution is 5.93. The Balaban J connectivity index is 4.63. The fourth-order valence-electron chi connectivity index (χ4n) is 1.01. The van der Waals surface area contributed by atoms with Gasteiger partial charge in [-0.1, -0.05) is 5.57 Å². The van der Waals surface area contributed by atoms with Gasteiger partial charge in [-0.3, -0.25) is 4.79 Å². The molecule has 5 nitrogen and oxygen atoms in total. The van der Waals surface area contributed by atoms with Gasteiger partial charge in [0, 0.05) is 13.2 Å². The number of ether oxygens (including phenoxy) is 1. The summed E-state index contributed by atoms with van der Waals surface area (Å²) in [4.78, 5) is 22.3. The van der Waals surface area contributed by atoms with Crippen molar-refractivity contribution in [3.8, 4) is 0 Å². The smallest absolute Gasteiger partial charge is 0.331 e. The van der Waals surface area contributed by atoms with Crippen LogP contribution < -0.4 is 5.32 Å². The Morgan fingerprint density at radius 1 is 1.47 bits per heavy atom. The fourth-order valence-corrected chi connectivity index (χ4v) is 1.01. The van der Waals surface area contributed by atoms with Crippen LogP contribution in [0.2, 0.25) is 0 Å². The Morgan fingerprint density at radius 2 is 2.00 bits per heavy atom. The second kappa shape index (κ2) is 5.50. The van der Waals surface area contributed by atoms with Crippen molar-refractivity contribution >= 4 is 11.9 Å². The third kappa shape index (κ3) is 4.60. The zero-order valence-electron chi connectivity index (χ0n) is 9.46. The van der Waals surface area contributed by atoms with Gasteiger partial charge in [-0.2, -0.15) is 0 Å². The van der Waals surface area contributed by atoms with Crippen LogP contribution in [0.4, 0.5) is 0 Å². The van der Waals surface area contributed by atoms with Crippen molar-refractivity contribution in [2.45, 2.75) is 26.3 Å². The first kappa shape index (κ1) is 13.6. The predicted molar refractivity (Wildman–Crippen MR) is 55.5 cm³/mol. The zero-order valence-corrected chi connectivity index (χ0v) is 9.46. The van der Waals surface area contributed by atoms with E-state index in [9.17, 15) is 9.59 Å². The highest BCUT2D eigenvalue weighted by Crippen LogP contribution is 2.05. The molecule has 0 fully saturated rings. The summed E-state index contributed by atoms with van der Waals surface area (Å²) in [6, 6.07) is 0. The molecule has 0 aliphatic rings. The third-order valence-electron chi connectivity index (χ3n) is 1.72. The number of carbonyl (C=O) groups excluding carboxylic acids is 1. The standard InChI is InChI=1S/C10H17NO4/c1-7(2)5-8(12)11-10(3,6-15-4)9(13)14/h5H,6H2,1-4H3,(H,11,12)(H,13,14). The average Bonchev–Trinajstić information content (AvgIpc) is 2.01. The Bertz CT molecular complexity index is 281. The fraction of sp³-hybridized carbons (Fsp3) is 0.600. The molecule has 0 saturated heterocycles. The van der Waals surface area contributed by atoms with Gasteiger partial charge < -0.3 is 15.2 Å². The molecule has 0 bridgehead atoms. The van der Waals surface area contributed by atoms with Crippen molar-refractivity contribution < 1.29 is 19.4 Å². The van der Waals surface area contributed by atoms with Gasteiger partial charge in [-0.25, -0.2) is 4.79 Å². The van der Waals surface area contributed by atoms with Crippen LogP contribution in [0, 0.1) is 0 Å². The van der Waals surface area contributed by atoms with Crippen molar-refractivity contribution in [1.82, 2.24) is 5.32 Å². The second-order valence-corrected chi connectivity index (χ2v) is 3.78. The maximum Gasteiger partial charge on any atom is 0.331 e. The summed E-state index contributed by atoms with van der Waals surface area (Å²) in [5.41, 5.74) is -0.588. The van der Waals surface area contributed by atoms with Crippen LogP contribution in [0.3, 0.4) is 0 Å². The van der Waals surface area contributed by atoms with E-state index >= 15 is 0 Å². The van der Waals surface area contributed by atoms with E-state index in [4.69, 9.17) is 9.84 Å². The van der Waals surface area contributed by atoms with E-state index in [1.165, 1.54) is 20.1 Å². The lowest BCUT2D eigenvalue weighted by atomic mass is 10.0. The molecule has 86 valence electrons. The molecular formula is C10H17NO4. The van der Waals surface area contributed by atoms with Crippen molar-refractivity contribution in [3.05, 3.63) is 11.6 Å². The molecule has 0 radical (unpaired) electrons. The van der Waals surface area contributed by atoms with E-state index in [-0.39, 0.29) is 6.61 Å². The Kier molecular flexibility index (Phi) is 5.00. The first-order valence-corrected chi connectivity index (χ1v) is 4.51. The normalized spacial score (nSPS) is 13.9. The van der Waals surface area contributed by atoms with Gasteiger partial charge in [0.25, 0.3) is 0 Å². The molecule has 0 rings (SSSR count). The van der Waals surface area contributed by atoms with E-state index in [0.29, 0.717) is 0 Å². The summed E-state index contributed by atoms with van der Waals surface area (Å²) in [5.74, 6) is -1.56. The molecule has 1 unspecified atom stereocenters. The van der Waals surface area contributed by atoms with Crippen LogP contribution in [0.25, 0.3) is 0 Å². The number of carboxylic acids is 1. The summed E-state index contributed by atoms with van der Waals surface area (Å²) < 4.78 is 4.76. The van der Waals surface area contributed by atoms with Gasteiger partial charge in [-0.15, -0.1) is 0 Å². The number of allylic oxidation sites excluding steroid dienone is 1. The molecule has 0 saturated carbocycles. The van der Waals surface area contributed by atoms with Crippen LogP contribution in [0.15, 0.2) is 11.6 Å². The number of nitrogens with one attached hydrogen (secondary N) is 1. The van der Waals surface area contributed by atoms with Crippen LogP contribution in [0.1, 0.15) is 20.8 Å². The van der Waals surface area contributed by atoms with E-state index in [1.807, 2.05) is 0 Å². The molecule has 15 heavy (non-hydrogen) atoms. The number of aliphatic carboxylic acids is 1. The molecule has 1 atom stereocenters. The van der Waals surface area contributed by atoms with Crippen molar-refractivity contribution in [1.29, 1.82) is 0 Å². The molecule has 0 aliphatic carbocycles. The quantitative estimate of drug-likeness (QED) is 0.657. The Morgan fingerprint density at radius 3 is 2.33 bits per heavy atom. The maximum absolute atomic E-state index is 11.3. The molecule has 0 aromatic heterocycles. The number of carbonyl (C=O) groups is 2. The summed E-state index contributed by atoms with van der Waals surface area (Å²) in [5, 5.41) is 11.3. The first-order valence-electron chi connectivity index (χ1n) is 4.51. The van der Waals surface area contributed by atoms with Gasteiger partial charge in [0.1, 0.15) is 0 Å². The number of hydrogen-bond acceptors (Lipinski definition) is 3. The molecule has 0 heterocycles. The van der Waals surface area contributed by atoms with E-state index in [2.05, 4.69) is 5.32 Å². The number of carboxylic acid groups (broad SMARTS) is 1. The monoisotopic (exact) mass is 215 g/mol. The first-order chi connectivity index (χ1) is 6.81. The molecule has 0 aliphatic heterocycles. The van der Waals surface area contributed by atoms with Crippen molar-refractivity contribution in [2.75, 3.05) is 13.7 Å². The number of hydrogen-bond donors (Lipinski definition) is 2. The zero-order chi connectivity index (χ0) is 12.1. The largest absolute Gasteiger partial charge is 0.479 e. The van der Waals surface area contributed by atoms with Gasteiger partial charge in [0.05, 0.1) is 6.61 Å². The minimum atomic E-state index is -1.39. The summed E-state index contributed by atoms with van der Waals surface area (Å²) in [6.07, 6.45) is 1.34. The van der Waals surface area contributed by atoms with Gasteiger partial charge in [0.15, 0.2) is 5.54 Å². The lowest BCUT2D eigenvalue weighted by Crippen LogP contribution is -2.55. The number of rotatable bonds is 5. The average molecular weight is 215 g/mol. The van der Waals surface area contributed by atoms with Gasteiger partial charge in [0.2, 0.25) is 5.91 Å². The van der Waals surface area contributed by atoms with E-state index < -0.39 is 17.4 Å². The molecule has 5 heteroatoms. The molecular weight excluding hydrogens is 198 g/mol. The molecule has 0 spiro atoms. The molecule has 1 amide bonds. The van der Waals surface area contributed by atoms with Crippen LogP contribution >= 0.6 is 0 Å². The maximum atomic E-state index is 11.3. The van der Waals surface area contributed by atoms with E-state index in [1.54, 1.807) is 13.8 Å². The van der Waals surface area contributed by atoms with Gasteiger partial charge >= 0.3 is 5.97 Å². The lowest BCUT2D eigenvalue weighted by Gasteiger charge is -2.24. The Labute approximate surface area is 89.1 Å². The van der Waals surface area contributed by atoms with Crippen LogP contribution in [-0.4, -0.2) is 36.2 Å². The minimum Gasteiger partial charge on any atom is -0.479 e. The summed E-state index contributed by atoms with van der Waals surface area (Å²) >= 11 is 0.